The molecule has 0 aliphatic rings. The van der Waals surface area contributed by atoms with E-state index in [2.05, 4.69) is 48.5 Å². The number of anilines is 2. The monoisotopic (exact) mass is 473 g/mol. The van der Waals surface area contributed by atoms with Crippen LogP contribution in [0.25, 0.3) is 11.1 Å². The van der Waals surface area contributed by atoms with E-state index >= 15 is 0 Å². The zero-order valence-corrected chi connectivity index (χ0v) is 18.1. The van der Waals surface area contributed by atoms with Crippen LogP contribution in [0, 0.1) is 30.3 Å². The first-order valence-electron chi connectivity index (χ1n) is 10.1. The molecule has 4 aromatic rings. The highest BCUT2D eigenvalue weighted by Crippen LogP contribution is 2.42. The Balaban J connectivity index is 0.000000237. The molecule has 0 aliphatic carbocycles. The second-order valence-electron chi connectivity index (χ2n) is 7.04. The minimum absolute atomic E-state index is 0.243. The minimum Gasteiger partial charge on any atom is -0.267 e. The number of benzene rings is 4. The van der Waals surface area contributed by atoms with Crippen molar-refractivity contribution < 1.29 is 14.8 Å². The van der Waals surface area contributed by atoms with E-state index in [0.29, 0.717) is 12.1 Å². The lowest BCUT2D eigenvalue weighted by molar-refractivity contribution is -0.402. The van der Waals surface area contributed by atoms with Gasteiger partial charge in [0.1, 0.15) is 0 Å². The Labute approximate surface area is 199 Å². The number of non-ortho nitro benzene ring substituents is 1. The van der Waals surface area contributed by atoms with Gasteiger partial charge in [-0.2, -0.15) is 0 Å². The van der Waals surface area contributed by atoms with E-state index in [0.717, 1.165) is 5.01 Å². The van der Waals surface area contributed by atoms with E-state index in [4.69, 9.17) is 5.84 Å². The fourth-order valence-electron chi connectivity index (χ4n) is 3.20. The third-order valence-electron chi connectivity index (χ3n) is 4.81. The quantitative estimate of drug-likeness (QED) is 0.210. The molecule has 0 radical (unpaired) electrons. The van der Waals surface area contributed by atoms with E-state index in [9.17, 15) is 30.3 Å². The van der Waals surface area contributed by atoms with Crippen molar-refractivity contribution in [3.63, 3.8) is 0 Å². The number of rotatable bonds is 6. The summed E-state index contributed by atoms with van der Waals surface area (Å²) in [6.45, 7) is 0. The van der Waals surface area contributed by atoms with Gasteiger partial charge in [-0.25, -0.2) is 5.84 Å². The van der Waals surface area contributed by atoms with Gasteiger partial charge >= 0.3 is 11.4 Å². The van der Waals surface area contributed by atoms with Crippen molar-refractivity contribution in [3.05, 3.63) is 133 Å². The molecular formula is C24H19N5O6. The fraction of sp³-hybridized carbons (Fsp3) is 0. The SMILES string of the molecule is NN(c1ccccc1)c1c([N+](=O)[O-])cc([N+](=O)[O-])cc1[N+](=O)[O-].c1ccc(-c2ccccc2)cc1. The van der Waals surface area contributed by atoms with Gasteiger partial charge in [0.15, 0.2) is 0 Å². The van der Waals surface area contributed by atoms with Crippen LogP contribution in [-0.4, -0.2) is 14.8 Å². The van der Waals surface area contributed by atoms with Crippen LogP contribution in [0.1, 0.15) is 0 Å². The van der Waals surface area contributed by atoms with Gasteiger partial charge in [-0.3, -0.25) is 35.4 Å². The molecule has 4 rings (SSSR count). The van der Waals surface area contributed by atoms with Crippen molar-refractivity contribution in [2.75, 3.05) is 5.01 Å². The van der Waals surface area contributed by atoms with E-state index < -0.39 is 37.5 Å². The molecule has 4 aromatic carbocycles. The topological polar surface area (TPSA) is 159 Å². The van der Waals surface area contributed by atoms with Crippen molar-refractivity contribution in [3.8, 4) is 11.1 Å². The fourth-order valence-corrected chi connectivity index (χ4v) is 3.20. The standard InChI is InChI=1S/C12H9N5O6.C12H10/c13-14(8-4-2-1-3-5-8)12-10(16(20)21)6-9(15(18)19)7-11(12)17(22)23;1-3-7-11(8-4-1)12-9-5-2-6-10-12/h1-7H,13H2;1-10H. The van der Waals surface area contributed by atoms with Crippen LogP contribution in [0.5, 0.6) is 0 Å². The van der Waals surface area contributed by atoms with Crippen molar-refractivity contribution >= 4 is 28.4 Å². The van der Waals surface area contributed by atoms with Crippen molar-refractivity contribution in [2.24, 2.45) is 5.84 Å². The molecule has 0 spiro atoms. The second-order valence-corrected chi connectivity index (χ2v) is 7.04. The molecule has 0 amide bonds. The number of hydrogen-bond acceptors (Lipinski definition) is 8. The Morgan fingerprint density at radius 3 is 1.29 bits per heavy atom. The summed E-state index contributed by atoms with van der Waals surface area (Å²) in [4.78, 5) is 30.3. The Morgan fingerprint density at radius 1 is 0.571 bits per heavy atom. The molecule has 2 N–H and O–H groups in total. The molecule has 0 heterocycles. The Hall–Kier alpha value is -5.16. The lowest BCUT2D eigenvalue weighted by Crippen LogP contribution is -2.26. The van der Waals surface area contributed by atoms with Gasteiger partial charge in [-0.1, -0.05) is 78.9 Å². The van der Waals surface area contributed by atoms with Crippen LogP contribution in [0.4, 0.5) is 28.4 Å². The molecule has 0 atom stereocenters. The molecule has 0 saturated carbocycles. The number of nitrogens with two attached hydrogens (primary N) is 1. The van der Waals surface area contributed by atoms with Gasteiger partial charge in [0.25, 0.3) is 5.69 Å². The highest BCUT2D eigenvalue weighted by Gasteiger charge is 2.33. The average molecular weight is 473 g/mol. The first-order valence-corrected chi connectivity index (χ1v) is 10.1. The van der Waals surface area contributed by atoms with Gasteiger partial charge in [0.2, 0.25) is 5.69 Å². The average Bonchev–Trinajstić information content (AvgIpc) is 2.89. The maximum absolute atomic E-state index is 11.2. The predicted molar refractivity (Wildman–Crippen MR) is 131 cm³/mol. The summed E-state index contributed by atoms with van der Waals surface area (Å²) < 4.78 is 0. The van der Waals surface area contributed by atoms with E-state index in [1.807, 2.05) is 12.1 Å². The molecule has 0 bridgehead atoms. The Bertz CT molecular complexity index is 1260. The van der Waals surface area contributed by atoms with Crippen LogP contribution < -0.4 is 10.9 Å². The van der Waals surface area contributed by atoms with Gasteiger partial charge in [0.05, 0.1) is 32.6 Å². The Morgan fingerprint density at radius 2 is 0.943 bits per heavy atom. The summed E-state index contributed by atoms with van der Waals surface area (Å²) in [5, 5.41) is 33.9. The molecule has 11 heteroatoms. The maximum Gasteiger partial charge on any atom is 0.308 e. The number of nitro benzene ring substituents is 3. The predicted octanol–water partition coefficient (Wildman–Crippen LogP) is 5.78. The van der Waals surface area contributed by atoms with E-state index in [1.54, 1.807) is 18.2 Å². The molecule has 0 unspecified atom stereocenters. The lowest BCUT2D eigenvalue weighted by atomic mass is 10.1. The van der Waals surface area contributed by atoms with Crippen LogP contribution in [-0.2, 0) is 0 Å². The van der Waals surface area contributed by atoms with Crippen LogP contribution in [0.2, 0.25) is 0 Å². The summed E-state index contributed by atoms with van der Waals surface area (Å²) in [6, 6.07) is 29.8. The second kappa shape index (κ2) is 11.1. The molecule has 176 valence electrons. The summed E-state index contributed by atoms with van der Waals surface area (Å²) in [6.07, 6.45) is 0. The smallest absolute Gasteiger partial charge is 0.267 e. The lowest BCUT2D eigenvalue weighted by Gasteiger charge is -2.18. The maximum atomic E-state index is 11.2. The van der Waals surface area contributed by atoms with E-state index in [1.165, 1.54) is 23.3 Å². The number of para-hydroxylation sites is 1. The number of hydrogen-bond donors (Lipinski definition) is 1. The zero-order valence-electron chi connectivity index (χ0n) is 18.1. The third kappa shape index (κ3) is 6.00. The summed E-state index contributed by atoms with van der Waals surface area (Å²) in [5.74, 6) is 5.77. The van der Waals surface area contributed by atoms with Crippen LogP contribution in [0.3, 0.4) is 0 Å². The van der Waals surface area contributed by atoms with Crippen LogP contribution in [0.15, 0.2) is 103 Å². The van der Waals surface area contributed by atoms with Gasteiger partial charge in [0, 0.05) is 0 Å². The number of nitro groups is 3. The van der Waals surface area contributed by atoms with E-state index in [-0.39, 0.29) is 5.69 Å². The summed E-state index contributed by atoms with van der Waals surface area (Å²) >= 11 is 0. The minimum atomic E-state index is -0.960. The molecule has 11 nitrogen and oxygen atoms in total. The van der Waals surface area contributed by atoms with Gasteiger partial charge in [-0.05, 0) is 23.3 Å². The highest BCUT2D eigenvalue weighted by atomic mass is 16.6. The molecule has 35 heavy (non-hydrogen) atoms. The van der Waals surface area contributed by atoms with Crippen molar-refractivity contribution in [2.45, 2.75) is 0 Å². The summed E-state index contributed by atoms with van der Waals surface area (Å²) in [5.41, 5.74) is -0.191. The van der Waals surface area contributed by atoms with Gasteiger partial charge in [-0.15, -0.1) is 0 Å². The zero-order chi connectivity index (χ0) is 25.4. The van der Waals surface area contributed by atoms with Crippen molar-refractivity contribution in [1.29, 1.82) is 0 Å². The molecule has 0 aliphatic heterocycles. The van der Waals surface area contributed by atoms with Crippen LogP contribution >= 0.6 is 0 Å². The normalized spacial score (nSPS) is 9.97. The van der Waals surface area contributed by atoms with Gasteiger partial charge < -0.3 is 0 Å². The molecule has 0 saturated heterocycles. The highest BCUT2D eigenvalue weighted by molar-refractivity contribution is 5.82. The third-order valence-corrected chi connectivity index (χ3v) is 4.81. The van der Waals surface area contributed by atoms with Crippen molar-refractivity contribution in [1.82, 2.24) is 0 Å². The first-order chi connectivity index (χ1) is 16.8. The first kappa shape index (κ1) is 24.5. The molecule has 0 aromatic heterocycles. The molecular weight excluding hydrogens is 454 g/mol. The largest absolute Gasteiger partial charge is 0.308 e. The Kier molecular flexibility index (Phi) is 7.78. The number of nitrogens with zero attached hydrogens (tertiary/aromatic N) is 4. The molecule has 0 fully saturated rings. The summed E-state index contributed by atoms with van der Waals surface area (Å²) in [7, 11) is 0. The number of hydrazine groups is 1.